The Morgan fingerprint density at radius 1 is 1.43 bits per heavy atom. The number of fused-ring (bicyclic) bond motifs is 1. The van der Waals surface area contributed by atoms with E-state index in [0.717, 1.165) is 0 Å². The predicted octanol–water partition coefficient (Wildman–Crippen LogP) is 0.462. The number of imidazole rings is 1. The SMILES string of the molecule is O=C(O)c1cccc2c1[nH]c(=O)n2CC1CCS(=O)(=O)C1. The number of carbonyl (C=O) groups is 1. The second-order valence-electron chi connectivity index (χ2n) is 5.31. The molecule has 2 heterocycles. The average Bonchev–Trinajstić information content (AvgIpc) is 2.90. The van der Waals surface area contributed by atoms with Crippen molar-refractivity contribution in [2.45, 2.75) is 13.0 Å². The Morgan fingerprint density at radius 3 is 2.81 bits per heavy atom. The third-order valence-electron chi connectivity index (χ3n) is 3.81. The van der Waals surface area contributed by atoms with E-state index in [0.29, 0.717) is 11.9 Å². The van der Waals surface area contributed by atoms with Gasteiger partial charge in [-0.1, -0.05) is 6.07 Å². The summed E-state index contributed by atoms with van der Waals surface area (Å²) in [6, 6.07) is 4.65. The summed E-state index contributed by atoms with van der Waals surface area (Å²) in [4.78, 5) is 25.7. The minimum atomic E-state index is -3.01. The number of nitrogens with zero attached hydrogens (tertiary/aromatic N) is 1. The molecular weight excluding hydrogens is 296 g/mol. The third kappa shape index (κ3) is 2.46. The van der Waals surface area contributed by atoms with Gasteiger partial charge in [0, 0.05) is 6.54 Å². The highest BCUT2D eigenvalue weighted by atomic mass is 32.2. The van der Waals surface area contributed by atoms with E-state index in [1.54, 1.807) is 12.1 Å². The molecule has 3 rings (SSSR count). The lowest BCUT2D eigenvalue weighted by molar-refractivity contribution is 0.0699. The summed E-state index contributed by atoms with van der Waals surface area (Å²) in [5, 5.41) is 9.13. The molecule has 0 saturated carbocycles. The van der Waals surface area contributed by atoms with E-state index in [1.807, 2.05) is 0 Å². The third-order valence-corrected chi connectivity index (χ3v) is 5.65. The van der Waals surface area contributed by atoms with Crippen LogP contribution in [0.15, 0.2) is 23.0 Å². The number of aromatic carboxylic acids is 1. The maximum atomic E-state index is 12.0. The van der Waals surface area contributed by atoms with Gasteiger partial charge in [0.15, 0.2) is 9.84 Å². The number of sulfone groups is 1. The summed E-state index contributed by atoms with van der Waals surface area (Å²) in [7, 11) is -3.01. The van der Waals surface area contributed by atoms with Crippen molar-refractivity contribution in [1.82, 2.24) is 9.55 Å². The Labute approximate surface area is 120 Å². The summed E-state index contributed by atoms with van der Waals surface area (Å²) in [6.07, 6.45) is 0.528. The smallest absolute Gasteiger partial charge is 0.337 e. The van der Waals surface area contributed by atoms with Gasteiger partial charge in [0.05, 0.1) is 28.1 Å². The normalized spacial score (nSPS) is 20.9. The molecule has 1 aliphatic rings. The fraction of sp³-hybridized carbons (Fsp3) is 0.385. The van der Waals surface area contributed by atoms with Crippen LogP contribution in [0.2, 0.25) is 0 Å². The summed E-state index contributed by atoms with van der Waals surface area (Å²) in [5.74, 6) is -1.00. The molecule has 0 aliphatic carbocycles. The van der Waals surface area contributed by atoms with Gasteiger partial charge in [-0.2, -0.15) is 0 Å². The molecule has 1 fully saturated rings. The molecule has 112 valence electrons. The van der Waals surface area contributed by atoms with Crippen LogP contribution in [-0.4, -0.2) is 40.6 Å². The van der Waals surface area contributed by atoms with Crippen LogP contribution in [0.4, 0.5) is 0 Å². The van der Waals surface area contributed by atoms with Crippen LogP contribution in [0.5, 0.6) is 0 Å². The molecule has 1 aliphatic heterocycles. The van der Waals surface area contributed by atoms with E-state index < -0.39 is 21.5 Å². The first-order valence-electron chi connectivity index (χ1n) is 6.52. The lowest BCUT2D eigenvalue weighted by Crippen LogP contribution is -2.22. The van der Waals surface area contributed by atoms with Gasteiger partial charge in [-0.05, 0) is 24.5 Å². The Kier molecular flexibility index (Phi) is 3.12. The highest BCUT2D eigenvalue weighted by molar-refractivity contribution is 7.91. The molecule has 0 amide bonds. The molecule has 1 aromatic heterocycles. The molecule has 0 spiro atoms. The molecule has 1 aromatic carbocycles. The molecule has 1 unspecified atom stereocenters. The number of nitrogens with one attached hydrogen (secondary N) is 1. The van der Waals surface area contributed by atoms with Crippen LogP contribution in [0.25, 0.3) is 11.0 Å². The van der Waals surface area contributed by atoms with E-state index in [4.69, 9.17) is 5.11 Å². The monoisotopic (exact) mass is 310 g/mol. The second-order valence-corrected chi connectivity index (χ2v) is 7.54. The van der Waals surface area contributed by atoms with E-state index >= 15 is 0 Å². The lowest BCUT2D eigenvalue weighted by atomic mass is 10.1. The van der Waals surface area contributed by atoms with Crippen LogP contribution in [0.1, 0.15) is 16.8 Å². The molecule has 0 bridgehead atoms. The second kappa shape index (κ2) is 4.73. The standard InChI is InChI=1S/C13H14N2O5S/c16-12(17)9-2-1-3-10-11(9)14-13(18)15(10)6-8-4-5-21(19,20)7-8/h1-3,8H,4-7H2,(H,14,18)(H,16,17). The quantitative estimate of drug-likeness (QED) is 0.856. The minimum absolute atomic E-state index is 0.0300. The van der Waals surface area contributed by atoms with E-state index in [1.165, 1.54) is 10.6 Å². The summed E-state index contributed by atoms with van der Waals surface area (Å²) in [5.41, 5.74) is 0.380. The van der Waals surface area contributed by atoms with Crippen LogP contribution in [0, 0.1) is 5.92 Å². The largest absolute Gasteiger partial charge is 0.478 e. The number of aromatic nitrogens is 2. The first kappa shape index (κ1) is 13.9. The van der Waals surface area contributed by atoms with Gasteiger partial charge in [0.2, 0.25) is 0 Å². The summed E-state index contributed by atoms with van der Waals surface area (Å²) < 4.78 is 24.4. The van der Waals surface area contributed by atoms with Crippen molar-refractivity contribution in [3.63, 3.8) is 0 Å². The predicted molar refractivity (Wildman–Crippen MR) is 76.3 cm³/mol. The number of aromatic amines is 1. The highest BCUT2D eigenvalue weighted by Gasteiger charge is 2.29. The van der Waals surface area contributed by atoms with Crippen molar-refractivity contribution in [3.8, 4) is 0 Å². The highest BCUT2D eigenvalue weighted by Crippen LogP contribution is 2.22. The van der Waals surface area contributed by atoms with Gasteiger partial charge < -0.3 is 10.1 Å². The number of hydrogen-bond acceptors (Lipinski definition) is 4. The van der Waals surface area contributed by atoms with Crippen molar-refractivity contribution in [1.29, 1.82) is 0 Å². The molecule has 21 heavy (non-hydrogen) atoms. The van der Waals surface area contributed by atoms with Crippen LogP contribution >= 0.6 is 0 Å². The minimum Gasteiger partial charge on any atom is -0.478 e. The van der Waals surface area contributed by atoms with Crippen molar-refractivity contribution in [3.05, 3.63) is 34.2 Å². The zero-order valence-corrected chi connectivity index (χ0v) is 11.9. The van der Waals surface area contributed by atoms with Gasteiger partial charge in [-0.25, -0.2) is 18.0 Å². The van der Waals surface area contributed by atoms with E-state index in [9.17, 15) is 18.0 Å². The van der Waals surface area contributed by atoms with E-state index in [-0.39, 0.29) is 35.0 Å². The molecule has 1 saturated heterocycles. The van der Waals surface area contributed by atoms with Crippen molar-refractivity contribution in [2.75, 3.05) is 11.5 Å². The van der Waals surface area contributed by atoms with Crippen LogP contribution in [-0.2, 0) is 16.4 Å². The van der Waals surface area contributed by atoms with Gasteiger partial charge in [0.25, 0.3) is 0 Å². The van der Waals surface area contributed by atoms with Gasteiger partial charge in [-0.15, -0.1) is 0 Å². The van der Waals surface area contributed by atoms with Crippen molar-refractivity contribution in [2.24, 2.45) is 5.92 Å². The molecule has 7 nitrogen and oxygen atoms in total. The molecule has 1 atom stereocenters. The van der Waals surface area contributed by atoms with Gasteiger partial charge >= 0.3 is 11.7 Å². The number of rotatable bonds is 3. The first-order chi connectivity index (χ1) is 9.87. The Hall–Kier alpha value is -2.09. The lowest BCUT2D eigenvalue weighted by Gasteiger charge is -2.09. The average molecular weight is 310 g/mol. The van der Waals surface area contributed by atoms with Crippen LogP contribution in [0.3, 0.4) is 0 Å². The van der Waals surface area contributed by atoms with E-state index in [2.05, 4.69) is 4.98 Å². The molecular formula is C13H14N2O5S. The number of carboxylic acid groups (broad SMARTS) is 1. The van der Waals surface area contributed by atoms with Gasteiger partial charge in [0.1, 0.15) is 0 Å². The van der Waals surface area contributed by atoms with Crippen molar-refractivity contribution < 1.29 is 18.3 Å². The number of benzene rings is 1. The molecule has 2 N–H and O–H groups in total. The summed E-state index contributed by atoms with van der Waals surface area (Å²) >= 11 is 0. The topological polar surface area (TPSA) is 109 Å². The Balaban J connectivity index is 2.04. The number of carboxylic acids is 1. The zero-order valence-electron chi connectivity index (χ0n) is 11.1. The zero-order chi connectivity index (χ0) is 15.2. The Bertz CT molecular complexity index is 878. The fourth-order valence-electron chi connectivity index (χ4n) is 2.81. The van der Waals surface area contributed by atoms with Gasteiger partial charge in [-0.3, -0.25) is 4.57 Å². The fourth-order valence-corrected chi connectivity index (χ4v) is 4.66. The summed E-state index contributed by atoms with van der Waals surface area (Å²) in [6.45, 7) is 0.279. The Morgan fingerprint density at radius 2 is 2.19 bits per heavy atom. The first-order valence-corrected chi connectivity index (χ1v) is 8.35. The maximum absolute atomic E-state index is 12.0. The molecule has 8 heteroatoms. The maximum Gasteiger partial charge on any atom is 0.337 e. The van der Waals surface area contributed by atoms with Crippen molar-refractivity contribution >= 4 is 26.8 Å². The number of H-pyrrole nitrogens is 1. The number of hydrogen-bond donors (Lipinski definition) is 2. The molecule has 0 radical (unpaired) electrons. The molecule has 2 aromatic rings. The van der Waals surface area contributed by atoms with Crippen LogP contribution < -0.4 is 5.69 Å². The number of para-hydroxylation sites is 1.